The van der Waals surface area contributed by atoms with Crippen molar-refractivity contribution in [2.45, 2.75) is 20.6 Å². The predicted octanol–water partition coefficient (Wildman–Crippen LogP) is 1.96. The van der Waals surface area contributed by atoms with Crippen molar-refractivity contribution in [3.8, 4) is 0 Å². The molecule has 0 aliphatic heterocycles. The molecule has 0 spiro atoms. The molecule has 1 aromatic carbocycles. The Bertz CT molecular complexity index is 216. The molecular formula is C9H13B. The minimum Gasteiger partial charge on any atom is -0.0819 e. The molecule has 0 nitrogen and oxygen atoms in total. The Hall–Kier alpha value is -0.715. The van der Waals surface area contributed by atoms with Crippen molar-refractivity contribution >= 4 is 12.2 Å². The number of hydrogen-bond acceptors (Lipinski definition) is 0. The maximum Gasteiger partial charge on any atom is 0.169 e. The van der Waals surface area contributed by atoms with Crippen LogP contribution in [0.3, 0.4) is 0 Å². The van der Waals surface area contributed by atoms with E-state index in [2.05, 4.69) is 44.8 Å². The van der Waals surface area contributed by atoms with Crippen LogP contribution in [0.2, 0.25) is 13.6 Å². The molecule has 0 saturated heterocycles. The van der Waals surface area contributed by atoms with Crippen LogP contribution in [-0.2, 0) is 0 Å². The Labute approximate surface area is 63.3 Å². The molecule has 1 aromatic rings. The average molecular weight is 132 g/mol. The number of hydrogen-bond donors (Lipinski definition) is 0. The summed E-state index contributed by atoms with van der Waals surface area (Å²) in [5.41, 5.74) is 2.78. The standard InChI is InChI=1S/C9H13B/c1-8-5-4-6-9(7-8)10(2)3/h4-7H,1-3H3. The summed E-state index contributed by atoms with van der Waals surface area (Å²) in [7, 11) is 0. The van der Waals surface area contributed by atoms with Gasteiger partial charge in [0.1, 0.15) is 0 Å². The molecule has 0 radical (unpaired) electrons. The first-order chi connectivity index (χ1) is 4.70. The van der Waals surface area contributed by atoms with E-state index < -0.39 is 0 Å². The van der Waals surface area contributed by atoms with Gasteiger partial charge in [0.15, 0.2) is 6.71 Å². The molecule has 0 atom stereocenters. The zero-order valence-corrected chi connectivity index (χ0v) is 6.89. The molecule has 0 aliphatic carbocycles. The summed E-state index contributed by atoms with van der Waals surface area (Å²) in [6, 6.07) is 8.67. The first-order valence-electron chi connectivity index (χ1n) is 3.76. The lowest BCUT2D eigenvalue weighted by Crippen LogP contribution is -2.22. The van der Waals surface area contributed by atoms with Crippen molar-refractivity contribution in [2.75, 3.05) is 0 Å². The first-order valence-corrected chi connectivity index (χ1v) is 3.76. The van der Waals surface area contributed by atoms with Crippen molar-refractivity contribution in [3.63, 3.8) is 0 Å². The minimum atomic E-state index is 0.653. The van der Waals surface area contributed by atoms with Gasteiger partial charge in [-0.05, 0) is 6.92 Å². The number of rotatable bonds is 1. The quantitative estimate of drug-likeness (QED) is 0.512. The van der Waals surface area contributed by atoms with E-state index in [1.807, 2.05) is 0 Å². The van der Waals surface area contributed by atoms with Gasteiger partial charge in [0.25, 0.3) is 0 Å². The van der Waals surface area contributed by atoms with Crippen molar-refractivity contribution in [1.82, 2.24) is 0 Å². The van der Waals surface area contributed by atoms with Gasteiger partial charge in [0, 0.05) is 0 Å². The van der Waals surface area contributed by atoms with Crippen molar-refractivity contribution in [1.29, 1.82) is 0 Å². The third-order valence-corrected chi connectivity index (χ3v) is 1.71. The zero-order valence-electron chi connectivity index (χ0n) is 6.89. The van der Waals surface area contributed by atoms with E-state index in [4.69, 9.17) is 0 Å². The first kappa shape index (κ1) is 7.39. The fourth-order valence-corrected chi connectivity index (χ4v) is 1.03. The molecule has 0 bridgehead atoms. The van der Waals surface area contributed by atoms with E-state index in [9.17, 15) is 0 Å². The van der Waals surface area contributed by atoms with E-state index in [1.165, 1.54) is 11.0 Å². The molecule has 0 amide bonds. The van der Waals surface area contributed by atoms with Crippen molar-refractivity contribution < 1.29 is 0 Å². The van der Waals surface area contributed by atoms with Gasteiger partial charge >= 0.3 is 0 Å². The second kappa shape index (κ2) is 2.91. The van der Waals surface area contributed by atoms with Crippen LogP contribution in [0.25, 0.3) is 0 Å². The Morgan fingerprint density at radius 2 is 1.90 bits per heavy atom. The van der Waals surface area contributed by atoms with Crippen molar-refractivity contribution in [3.05, 3.63) is 29.8 Å². The highest BCUT2D eigenvalue weighted by molar-refractivity contribution is 6.70. The number of benzene rings is 1. The Morgan fingerprint density at radius 3 is 2.30 bits per heavy atom. The number of aryl methyl sites for hydroxylation is 1. The molecule has 10 heavy (non-hydrogen) atoms. The molecular weight excluding hydrogens is 119 g/mol. The maximum atomic E-state index is 2.24. The molecule has 1 rings (SSSR count). The molecule has 1 heteroatoms. The fraction of sp³-hybridized carbons (Fsp3) is 0.333. The van der Waals surface area contributed by atoms with E-state index in [0.29, 0.717) is 6.71 Å². The van der Waals surface area contributed by atoms with E-state index in [1.54, 1.807) is 0 Å². The van der Waals surface area contributed by atoms with Crippen LogP contribution in [0.4, 0.5) is 0 Å². The average Bonchev–Trinajstić information content (AvgIpc) is 1.88. The van der Waals surface area contributed by atoms with E-state index >= 15 is 0 Å². The fourth-order valence-electron chi connectivity index (χ4n) is 1.03. The molecule has 0 unspecified atom stereocenters. The van der Waals surface area contributed by atoms with Crippen LogP contribution < -0.4 is 5.46 Å². The van der Waals surface area contributed by atoms with Gasteiger partial charge in [-0.25, -0.2) is 0 Å². The van der Waals surface area contributed by atoms with Crippen LogP contribution in [0.15, 0.2) is 24.3 Å². The largest absolute Gasteiger partial charge is 0.169 e. The van der Waals surface area contributed by atoms with Crippen LogP contribution >= 0.6 is 0 Å². The summed E-state index contributed by atoms with van der Waals surface area (Å²) in [6.07, 6.45) is 0. The van der Waals surface area contributed by atoms with Gasteiger partial charge in [-0.15, -0.1) is 0 Å². The topological polar surface area (TPSA) is 0 Å². The van der Waals surface area contributed by atoms with Crippen LogP contribution in [0.5, 0.6) is 0 Å². The Morgan fingerprint density at radius 1 is 1.20 bits per heavy atom. The van der Waals surface area contributed by atoms with E-state index in [0.717, 1.165) is 0 Å². The zero-order chi connectivity index (χ0) is 7.56. The van der Waals surface area contributed by atoms with Gasteiger partial charge in [-0.2, -0.15) is 0 Å². The third kappa shape index (κ3) is 1.63. The van der Waals surface area contributed by atoms with Crippen LogP contribution in [0, 0.1) is 6.92 Å². The Kier molecular flexibility index (Phi) is 2.15. The molecule has 0 fully saturated rings. The third-order valence-electron chi connectivity index (χ3n) is 1.71. The lowest BCUT2D eigenvalue weighted by Gasteiger charge is -2.01. The molecule has 52 valence electrons. The second-order valence-corrected chi connectivity index (χ2v) is 3.07. The second-order valence-electron chi connectivity index (χ2n) is 3.07. The van der Waals surface area contributed by atoms with E-state index in [-0.39, 0.29) is 0 Å². The maximum absolute atomic E-state index is 2.24. The summed E-state index contributed by atoms with van der Waals surface area (Å²) in [4.78, 5) is 0. The summed E-state index contributed by atoms with van der Waals surface area (Å²) >= 11 is 0. The summed E-state index contributed by atoms with van der Waals surface area (Å²) in [5, 5.41) is 0. The SMILES string of the molecule is CB(C)c1cccc(C)c1. The predicted molar refractivity (Wildman–Crippen MR) is 48.3 cm³/mol. The molecule has 0 heterocycles. The lowest BCUT2D eigenvalue weighted by atomic mass is 9.49. The highest BCUT2D eigenvalue weighted by Crippen LogP contribution is 1.94. The highest BCUT2D eigenvalue weighted by Gasteiger charge is 2.00. The molecule has 0 aliphatic rings. The summed E-state index contributed by atoms with van der Waals surface area (Å²) in [5.74, 6) is 0. The minimum absolute atomic E-state index is 0.653. The van der Waals surface area contributed by atoms with Crippen LogP contribution in [0.1, 0.15) is 5.56 Å². The van der Waals surface area contributed by atoms with Gasteiger partial charge in [0.2, 0.25) is 0 Å². The highest BCUT2D eigenvalue weighted by atomic mass is 13.9. The molecule has 0 aromatic heterocycles. The summed E-state index contributed by atoms with van der Waals surface area (Å²) in [6.45, 7) is 7.22. The van der Waals surface area contributed by atoms with Gasteiger partial charge < -0.3 is 0 Å². The van der Waals surface area contributed by atoms with Gasteiger partial charge in [0.05, 0.1) is 0 Å². The van der Waals surface area contributed by atoms with Crippen LogP contribution in [-0.4, -0.2) is 6.71 Å². The van der Waals surface area contributed by atoms with Gasteiger partial charge in [-0.1, -0.05) is 48.9 Å². The van der Waals surface area contributed by atoms with Crippen molar-refractivity contribution in [2.24, 2.45) is 0 Å². The van der Waals surface area contributed by atoms with Gasteiger partial charge in [-0.3, -0.25) is 0 Å². The molecule has 0 N–H and O–H groups in total. The monoisotopic (exact) mass is 132 g/mol. The summed E-state index contributed by atoms with van der Waals surface area (Å²) < 4.78 is 0. The molecule has 0 saturated carbocycles. The lowest BCUT2D eigenvalue weighted by molar-refractivity contribution is 1.49. The Balaban J connectivity index is 2.96. The normalized spacial score (nSPS) is 9.50. The smallest absolute Gasteiger partial charge is 0.0819 e.